The van der Waals surface area contributed by atoms with Crippen LogP contribution in [-0.2, 0) is 4.74 Å². The zero-order valence-electron chi connectivity index (χ0n) is 6.34. The summed E-state index contributed by atoms with van der Waals surface area (Å²) in [5.41, 5.74) is -0.101. The van der Waals surface area contributed by atoms with Crippen LogP contribution in [0.5, 0.6) is 0 Å². The largest absolute Gasteiger partial charge is 0.395 e. The molecule has 10 heavy (non-hydrogen) atoms. The van der Waals surface area contributed by atoms with Gasteiger partial charge in [-0.05, 0) is 13.3 Å². The number of hydrogen-bond donors (Lipinski definition) is 1. The average Bonchev–Trinajstić information content (AvgIpc) is 2.65. The van der Waals surface area contributed by atoms with Gasteiger partial charge in [-0.25, -0.2) is 0 Å². The SMILES string of the molecule is C=CC1(CO)CC1OCC. The van der Waals surface area contributed by atoms with Gasteiger partial charge in [0, 0.05) is 12.0 Å². The van der Waals surface area contributed by atoms with E-state index in [-0.39, 0.29) is 18.1 Å². The van der Waals surface area contributed by atoms with E-state index in [1.54, 1.807) is 6.08 Å². The van der Waals surface area contributed by atoms with Gasteiger partial charge in [0.25, 0.3) is 0 Å². The van der Waals surface area contributed by atoms with E-state index >= 15 is 0 Å². The first kappa shape index (κ1) is 7.76. The molecule has 1 fully saturated rings. The minimum atomic E-state index is -0.101. The maximum Gasteiger partial charge on any atom is 0.0698 e. The maximum absolute atomic E-state index is 8.90. The van der Waals surface area contributed by atoms with Crippen LogP contribution in [0.3, 0.4) is 0 Å². The van der Waals surface area contributed by atoms with Crippen LogP contribution < -0.4 is 0 Å². The molecule has 0 heterocycles. The fraction of sp³-hybridized carbons (Fsp3) is 0.750. The molecule has 2 unspecified atom stereocenters. The molecule has 2 nitrogen and oxygen atoms in total. The Morgan fingerprint density at radius 1 is 1.90 bits per heavy atom. The Morgan fingerprint density at radius 3 is 2.90 bits per heavy atom. The lowest BCUT2D eigenvalue weighted by Crippen LogP contribution is -2.10. The Morgan fingerprint density at radius 2 is 2.60 bits per heavy atom. The van der Waals surface area contributed by atoms with Crippen LogP contribution in [-0.4, -0.2) is 24.4 Å². The molecule has 1 saturated carbocycles. The second-order valence-corrected chi connectivity index (χ2v) is 2.74. The van der Waals surface area contributed by atoms with E-state index in [1.165, 1.54) is 0 Å². The number of ether oxygens (including phenoxy) is 1. The number of hydrogen-bond acceptors (Lipinski definition) is 2. The lowest BCUT2D eigenvalue weighted by molar-refractivity contribution is 0.0921. The van der Waals surface area contributed by atoms with Crippen molar-refractivity contribution in [3.8, 4) is 0 Å². The Kier molecular flexibility index (Phi) is 2.11. The molecule has 58 valence electrons. The standard InChI is InChI=1S/C8H14O2/c1-3-8(6-9)5-7(8)10-4-2/h3,7,9H,1,4-6H2,2H3. The molecule has 1 aliphatic rings. The molecule has 1 aliphatic carbocycles. The highest BCUT2D eigenvalue weighted by molar-refractivity contribution is 5.14. The molecular formula is C8H14O2. The van der Waals surface area contributed by atoms with Crippen LogP contribution in [0.2, 0.25) is 0 Å². The third-order valence-corrected chi connectivity index (χ3v) is 2.12. The van der Waals surface area contributed by atoms with Gasteiger partial charge < -0.3 is 9.84 Å². The third-order valence-electron chi connectivity index (χ3n) is 2.12. The van der Waals surface area contributed by atoms with E-state index in [9.17, 15) is 0 Å². The fourth-order valence-electron chi connectivity index (χ4n) is 1.16. The van der Waals surface area contributed by atoms with Crippen molar-refractivity contribution in [2.24, 2.45) is 5.41 Å². The van der Waals surface area contributed by atoms with Gasteiger partial charge in [0.1, 0.15) is 0 Å². The monoisotopic (exact) mass is 142 g/mol. The maximum atomic E-state index is 8.90. The van der Waals surface area contributed by atoms with Crippen LogP contribution in [0.25, 0.3) is 0 Å². The summed E-state index contributed by atoms with van der Waals surface area (Å²) < 4.78 is 5.32. The first-order valence-electron chi connectivity index (χ1n) is 3.65. The van der Waals surface area contributed by atoms with Crippen molar-refractivity contribution in [1.82, 2.24) is 0 Å². The van der Waals surface area contributed by atoms with Crippen LogP contribution in [0, 0.1) is 5.41 Å². The summed E-state index contributed by atoms with van der Waals surface area (Å²) in [6.07, 6.45) is 2.95. The second kappa shape index (κ2) is 2.72. The van der Waals surface area contributed by atoms with Gasteiger partial charge in [-0.3, -0.25) is 0 Å². The molecule has 0 aromatic heterocycles. The minimum Gasteiger partial charge on any atom is -0.395 e. The lowest BCUT2D eigenvalue weighted by atomic mass is 10.1. The Labute approximate surface area is 61.5 Å². The van der Waals surface area contributed by atoms with Crippen molar-refractivity contribution >= 4 is 0 Å². The fourth-order valence-corrected chi connectivity index (χ4v) is 1.16. The predicted octanol–water partition coefficient (Wildman–Crippen LogP) is 0.960. The summed E-state index contributed by atoms with van der Waals surface area (Å²) in [5, 5.41) is 8.90. The van der Waals surface area contributed by atoms with Gasteiger partial charge in [0.2, 0.25) is 0 Å². The number of aliphatic hydroxyl groups excluding tert-OH is 1. The van der Waals surface area contributed by atoms with E-state index in [1.807, 2.05) is 6.92 Å². The van der Waals surface area contributed by atoms with Gasteiger partial charge in [-0.15, -0.1) is 6.58 Å². The molecule has 0 aromatic carbocycles. The van der Waals surface area contributed by atoms with Gasteiger partial charge >= 0.3 is 0 Å². The van der Waals surface area contributed by atoms with Crippen molar-refractivity contribution in [3.63, 3.8) is 0 Å². The number of aliphatic hydroxyl groups is 1. The first-order valence-corrected chi connectivity index (χ1v) is 3.65. The Hall–Kier alpha value is -0.340. The van der Waals surface area contributed by atoms with Gasteiger partial charge in [-0.1, -0.05) is 6.08 Å². The molecule has 0 bridgehead atoms. The normalized spacial score (nSPS) is 37.6. The van der Waals surface area contributed by atoms with Crippen molar-refractivity contribution < 1.29 is 9.84 Å². The summed E-state index contributed by atoms with van der Waals surface area (Å²) in [4.78, 5) is 0. The van der Waals surface area contributed by atoms with Crippen molar-refractivity contribution in [2.45, 2.75) is 19.4 Å². The van der Waals surface area contributed by atoms with E-state index in [0.29, 0.717) is 0 Å². The molecule has 0 spiro atoms. The highest BCUT2D eigenvalue weighted by Gasteiger charge is 2.52. The van der Waals surface area contributed by atoms with Gasteiger partial charge in [0.05, 0.1) is 12.7 Å². The van der Waals surface area contributed by atoms with Crippen LogP contribution in [0.4, 0.5) is 0 Å². The van der Waals surface area contributed by atoms with Crippen LogP contribution in [0.15, 0.2) is 12.7 Å². The van der Waals surface area contributed by atoms with Crippen molar-refractivity contribution in [2.75, 3.05) is 13.2 Å². The average molecular weight is 142 g/mol. The predicted molar refractivity (Wildman–Crippen MR) is 39.7 cm³/mol. The summed E-state index contributed by atoms with van der Waals surface area (Å²) in [7, 11) is 0. The molecule has 0 aliphatic heterocycles. The van der Waals surface area contributed by atoms with E-state index < -0.39 is 0 Å². The highest BCUT2D eigenvalue weighted by Crippen LogP contribution is 2.48. The summed E-state index contributed by atoms with van der Waals surface area (Å²) in [6, 6.07) is 0. The number of rotatable bonds is 4. The summed E-state index contributed by atoms with van der Waals surface area (Å²) >= 11 is 0. The van der Waals surface area contributed by atoms with Crippen molar-refractivity contribution in [3.05, 3.63) is 12.7 Å². The molecule has 1 N–H and O–H groups in total. The smallest absolute Gasteiger partial charge is 0.0698 e. The molecule has 2 heteroatoms. The van der Waals surface area contributed by atoms with Crippen molar-refractivity contribution in [1.29, 1.82) is 0 Å². The molecule has 0 radical (unpaired) electrons. The second-order valence-electron chi connectivity index (χ2n) is 2.74. The quantitative estimate of drug-likeness (QED) is 0.592. The summed E-state index contributed by atoms with van der Waals surface area (Å²) in [6.45, 7) is 6.51. The van der Waals surface area contributed by atoms with Crippen LogP contribution >= 0.6 is 0 Å². The zero-order valence-corrected chi connectivity index (χ0v) is 6.34. The topological polar surface area (TPSA) is 29.5 Å². The highest BCUT2D eigenvalue weighted by atomic mass is 16.5. The van der Waals surface area contributed by atoms with Gasteiger partial charge in [0.15, 0.2) is 0 Å². The molecule has 0 amide bonds. The van der Waals surface area contributed by atoms with E-state index in [4.69, 9.17) is 9.84 Å². The molecule has 1 rings (SSSR count). The first-order chi connectivity index (χ1) is 4.79. The third kappa shape index (κ3) is 1.09. The van der Waals surface area contributed by atoms with Crippen LogP contribution in [0.1, 0.15) is 13.3 Å². The minimum absolute atomic E-state index is 0.101. The summed E-state index contributed by atoms with van der Waals surface area (Å²) in [5.74, 6) is 0. The lowest BCUT2D eigenvalue weighted by Gasteiger charge is -2.06. The van der Waals surface area contributed by atoms with E-state index in [2.05, 4.69) is 6.58 Å². The Balaban J connectivity index is 2.37. The molecular weight excluding hydrogens is 128 g/mol. The van der Waals surface area contributed by atoms with E-state index in [0.717, 1.165) is 13.0 Å². The zero-order chi connectivity index (χ0) is 7.61. The van der Waals surface area contributed by atoms with Gasteiger partial charge in [-0.2, -0.15) is 0 Å². The molecule has 0 saturated heterocycles. The Bertz CT molecular complexity index is 133. The molecule has 0 aromatic rings. The molecule has 2 atom stereocenters.